The van der Waals surface area contributed by atoms with Gasteiger partial charge in [0, 0.05) is 25.6 Å². The van der Waals surface area contributed by atoms with Gasteiger partial charge in [-0.3, -0.25) is 4.90 Å². The lowest BCUT2D eigenvalue weighted by atomic mass is 10.0. The summed E-state index contributed by atoms with van der Waals surface area (Å²) in [5, 5.41) is 7.81. The normalized spacial score (nSPS) is 20.2. The second kappa shape index (κ2) is 8.40. The smallest absolute Gasteiger partial charge is 0.223 e. The Bertz CT molecular complexity index is 613. The maximum Gasteiger partial charge on any atom is 0.223 e. The van der Waals surface area contributed by atoms with Crippen molar-refractivity contribution < 1.29 is 4.52 Å². The molecule has 2 unspecified atom stereocenters. The first-order valence-electron chi connectivity index (χ1n) is 9.00. The van der Waals surface area contributed by atoms with Crippen molar-refractivity contribution in [3.05, 3.63) is 47.6 Å². The van der Waals surface area contributed by atoms with Crippen LogP contribution in [-0.2, 0) is 13.0 Å². The van der Waals surface area contributed by atoms with E-state index in [1.54, 1.807) is 0 Å². The van der Waals surface area contributed by atoms with Crippen molar-refractivity contribution in [1.82, 2.24) is 20.4 Å². The highest BCUT2D eigenvalue weighted by atomic mass is 16.5. The van der Waals surface area contributed by atoms with Gasteiger partial charge in [0.2, 0.25) is 5.89 Å². The second-order valence-electron chi connectivity index (χ2n) is 6.90. The molecule has 1 aliphatic rings. The van der Waals surface area contributed by atoms with E-state index in [1.807, 2.05) is 6.92 Å². The van der Waals surface area contributed by atoms with Gasteiger partial charge in [0.05, 0.1) is 6.54 Å². The molecule has 0 bridgehead atoms. The van der Waals surface area contributed by atoms with E-state index in [2.05, 4.69) is 57.6 Å². The molecule has 1 saturated heterocycles. The second-order valence-corrected chi connectivity index (χ2v) is 6.90. The fraction of sp³-hybridized carbons (Fsp3) is 0.579. The van der Waals surface area contributed by atoms with Gasteiger partial charge in [-0.05, 0) is 44.7 Å². The zero-order chi connectivity index (χ0) is 16.8. The molecule has 5 heteroatoms. The third-order valence-corrected chi connectivity index (χ3v) is 4.67. The Kier molecular flexibility index (Phi) is 5.99. The molecule has 130 valence electrons. The molecule has 1 aromatic heterocycles. The van der Waals surface area contributed by atoms with Gasteiger partial charge < -0.3 is 9.84 Å². The first kappa shape index (κ1) is 17.1. The fourth-order valence-corrected chi connectivity index (χ4v) is 3.45. The number of aromatic nitrogens is 2. The van der Waals surface area contributed by atoms with Crippen molar-refractivity contribution in [1.29, 1.82) is 0 Å². The molecule has 0 spiro atoms. The molecule has 5 nitrogen and oxygen atoms in total. The average Bonchev–Trinajstić information content (AvgIpc) is 2.99. The van der Waals surface area contributed by atoms with Crippen LogP contribution in [0.4, 0.5) is 0 Å². The van der Waals surface area contributed by atoms with Crippen molar-refractivity contribution in [2.24, 2.45) is 0 Å². The van der Waals surface area contributed by atoms with Crippen LogP contribution in [-0.4, -0.2) is 40.2 Å². The molecule has 2 aromatic rings. The Morgan fingerprint density at radius 2 is 2.17 bits per heavy atom. The maximum atomic E-state index is 5.07. The first-order valence-corrected chi connectivity index (χ1v) is 9.00. The topological polar surface area (TPSA) is 54.2 Å². The van der Waals surface area contributed by atoms with E-state index < -0.39 is 0 Å². The molecule has 1 aliphatic heterocycles. The molecule has 2 atom stereocenters. The Balaban J connectivity index is 1.42. The van der Waals surface area contributed by atoms with Crippen LogP contribution in [0.25, 0.3) is 0 Å². The fourth-order valence-electron chi connectivity index (χ4n) is 3.45. The number of hydrogen-bond donors (Lipinski definition) is 1. The van der Waals surface area contributed by atoms with Gasteiger partial charge in [0.15, 0.2) is 5.82 Å². The van der Waals surface area contributed by atoms with Gasteiger partial charge in [-0.2, -0.15) is 4.98 Å². The zero-order valence-corrected chi connectivity index (χ0v) is 14.7. The van der Waals surface area contributed by atoms with Crippen LogP contribution in [0.5, 0.6) is 0 Å². The summed E-state index contributed by atoms with van der Waals surface area (Å²) in [5.41, 5.74) is 1.42. The van der Waals surface area contributed by atoms with Gasteiger partial charge in [0.25, 0.3) is 0 Å². The van der Waals surface area contributed by atoms with Crippen LogP contribution in [0.3, 0.4) is 0 Å². The molecule has 1 fully saturated rings. The zero-order valence-electron chi connectivity index (χ0n) is 14.7. The summed E-state index contributed by atoms with van der Waals surface area (Å²) in [7, 11) is 0. The van der Waals surface area contributed by atoms with Crippen molar-refractivity contribution in [3.63, 3.8) is 0 Å². The summed E-state index contributed by atoms with van der Waals surface area (Å²) >= 11 is 0. The van der Waals surface area contributed by atoms with Gasteiger partial charge in [0.1, 0.15) is 0 Å². The van der Waals surface area contributed by atoms with Crippen molar-refractivity contribution in [2.45, 2.75) is 58.2 Å². The van der Waals surface area contributed by atoms with E-state index in [0.717, 1.165) is 31.9 Å². The molecule has 2 heterocycles. The minimum Gasteiger partial charge on any atom is -0.340 e. The molecule has 1 aromatic carbocycles. The number of nitrogens with zero attached hydrogens (tertiary/aromatic N) is 3. The summed E-state index contributed by atoms with van der Waals surface area (Å²) in [6.45, 7) is 7.09. The number of likely N-dealkylation sites (tertiary alicyclic amines) is 1. The summed E-state index contributed by atoms with van der Waals surface area (Å²) in [6, 6.07) is 11.8. The van der Waals surface area contributed by atoms with Crippen LogP contribution in [0.15, 0.2) is 34.9 Å². The van der Waals surface area contributed by atoms with E-state index in [1.165, 1.54) is 24.8 Å². The number of rotatable bonds is 7. The number of piperidine rings is 1. The predicted octanol–water partition coefficient (Wildman–Crippen LogP) is 2.95. The predicted molar refractivity (Wildman–Crippen MR) is 94.7 cm³/mol. The molecule has 3 rings (SSSR count). The summed E-state index contributed by atoms with van der Waals surface area (Å²) in [6.07, 6.45) is 4.77. The largest absolute Gasteiger partial charge is 0.340 e. The van der Waals surface area contributed by atoms with Crippen molar-refractivity contribution >= 4 is 0 Å². The number of nitrogens with one attached hydrogen (secondary N) is 1. The van der Waals surface area contributed by atoms with E-state index in [4.69, 9.17) is 4.52 Å². The highest BCUT2D eigenvalue weighted by Gasteiger charge is 2.22. The molecule has 1 N–H and O–H groups in total. The molecule has 0 aliphatic carbocycles. The van der Waals surface area contributed by atoms with Crippen LogP contribution >= 0.6 is 0 Å². The Hall–Kier alpha value is -1.72. The number of benzene rings is 1. The Labute approximate surface area is 144 Å². The minimum atomic E-state index is 0.530. The van der Waals surface area contributed by atoms with E-state index in [-0.39, 0.29) is 0 Å². The lowest BCUT2D eigenvalue weighted by Crippen LogP contribution is -2.48. The van der Waals surface area contributed by atoms with Gasteiger partial charge in [-0.1, -0.05) is 35.5 Å². The lowest BCUT2D eigenvalue weighted by Gasteiger charge is -2.34. The van der Waals surface area contributed by atoms with Crippen molar-refractivity contribution in [2.75, 3.05) is 13.1 Å². The van der Waals surface area contributed by atoms with Gasteiger partial charge in [-0.25, -0.2) is 0 Å². The summed E-state index contributed by atoms with van der Waals surface area (Å²) in [5.74, 6) is 1.44. The molecule has 0 amide bonds. The molecular weight excluding hydrogens is 300 g/mol. The number of hydrogen-bond acceptors (Lipinski definition) is 5. The van der Waals surface area contributed by atoms with Gasteiger partial charge in [-0.15, -0.1) is 0 Å². The Morgan fingerprint density at radius 3 is 2.92 bits per heavy atom. The number of aryl methyl sites for hydroxylation is 2. The average molecular weight is 328 g/mol. The monoisotopic (exact) mass is 328 g/mol. The molecular formula is C19H28N4O. The van der Waals surface area contributed by atoms with Crippen LogP contribution in [0.1, 0.15) is 43.5 Å². The summed E-state index contributed by atoms with van der Waals surface area (Å²) in [4.78, 5) is 6.74. The molecule has 0 saturated carbocycles. The maximum absolute atomic E-state index is 5.07. The standard InChI is InChI=1S/C19H28N4O/c1-15(10-11-17-7-4-3-5-8-17)20-18-9-6-12-23(13-18)14-19-21-16(2)24-22-19/h3-5,7-8,15,18,20H,6,9-14H2,1-2H3. The molecule has 24 heavy (non-hydrogen) atoms. The molecule has 0 radical (unpaired) electrons. The van der Waals surface area contributed by atoms with E-state index >= 15 is 0 Å². The van der Waals surface area contributed by atoms with Crippen molar-refractivity contribution in [3.8, 4) is 0 Å². The van der Waals surface area contributed by atoms with E-state index in [0.29, 0.717) is 18.0 Å². The third-order valence-electron chi connectivity index (χ3n) is 4.67. The van der Waals surface area contributed by atoms with Crippen LogP contribution in [0, 0.1) is 6.92 Å². The van der Waals surface area contributed by atoms with Crippen LogP contribution in [0.2, 0.25) is 0 Å². The highest BCUT2D eigenvalue weighted by Crippen LogP contribution is 2.14. The third kappa shape index (κ3) is 5.14. The Morgan fingerprint density at radius 1 is 1.33 bits per heavy atom. The SMILES string of the molecule is Cc1nc(CN2CCCC(NC(C)CCc3ccccc3)C2)no1. The minimum absolute atomic E-state index is 0.530. The highest BCUT2D eigenvalue weighted by molar-refractivity contribution is 5.14. The summed E-state index contributed by atoms with van der Waals surface area (Å²) < 4.78 is 5.07. The van der Waals surface area contributed by atoms with Gasteiger partial charge >= 0.3 is 0 Å². The lowest BCUT2D eigenvalue weighted by molar-refractivity contribution is 0.171. The first-order chi connectivity index (χ1) is 11.7. The quantitative estimate of drug-likeness (QED) is 0.847. The van der Waals surface area contributed by atoms with Crippen LogP contribution < -0.4 is 5.32 Å². The van der Waals surface area contributed by atoms with E-state index in [9.17, 15) is 0 Å².